The molecule has 0 N–H and O–H groups in total. The summed E-state index contributed by atoms with van der Waals surface area (Å²) >= 11 is 5.28. The summed E-state index contributed by atoms with van der Waals surface area (Å²) in [5.41, 5.74) is -0.627. The average molecular weight is 353 g/mol. The van der Waals surface area contributed by atoms with E-state index in [1.165, 1.54) is 0 Å². The van der Waals surface area contributed by atoms with Gasteiger partial charge in [-0.3, -0.25) is 4.79 Å². The zero-order valence-corrected chi connectivity index (χ0v) is 14.2. The fraction of sp³-hybridized carbons (Fsp3) is 0.688. The van der Waals surface area contributed by atoms with Crippen LogP contribution in [0.2, 0.25) is 0 Å². The van der Waals surface area contributed by atoms with E-state index in [0.717, 1.165) is 11.8 Å². The van der Waals surface area contributed by atoms with Crippen molar-refractivity contribution in [3.05, 3.63) is 22.9 Å². The second-order valence-electron chi connectivity index (χ2n) is 6.72. The fourth-order valence-electron chi connectivity index (χ4n) is 2.91. The number of halogens is 4. The Balaban J connectivity index is 2.04. The molecule has 3 atom stereocenters. The number of alkyl halides is 3. The van der Waals surface area contributed by atoms with E-state index in [-0.39, 0.29) is 0 Å². The maximum absolute atomic E-state index is 12.5. The summed E-state index contributed by atoms with van der Waals surface area (Å²) < 4.78 is 48.6. The number of esters is 1. The van der Waals surface area contributed by atoms with Crippen LogP contribution in [0.3, 0.4) is 0 Å². The van der Waals surface area contributed by atoms with Gasteiger partial charge >= 0.3 is 12.1 Å². The van der Waals surface area contributed by atoms with Gasteiger partial charge in [0.15, 0.2) is 0 Å². The first-order valence-corrected chi connectivity index (χ1v) is 7.84. The van der Waals surface area contributed by atoms with Crippen molar-refractivity contribution in [2.75, 3.05) is 0 Å². The Morgan fingerprint density at radius 3 is 2.57 bits per heavy atom. The minimum absolute atomic E-state index is 0.429. The SMILES string of the molecule is CCC1=CCC(C)(OC(=O)[C@H]2[C@@H](/C=C(\Cl)C(F)(F)F)C2(C)C)O1. The maximum atomic E-state index is 12.5. The molecular formula is C16H20ClF3O3. The molecule has 1 saturated carbocycles. The fourth-order valence-corrected chi connectivity index (χ4v) is 3.04. The number of carbonyl (C=O) groups is 1. The molecule has 0 aromatic carbocycles. The molecule has 7 heteroatoms. The van der Waals surface area contributed by atoms with Crippen LogP contribution in [0.15, 0.2) is 22.9 Å². The van der Waals surface area contributed by atoms with Gasteiger partial charge in [-0.15, -0.1) is 0 Å². The van der Waals surface area contributed by atoms with Gasteiger partial charge in [0, 0.05) is 19.8 Å². The Hall–Kier alpha value is -1.17. The molecule has 130 valence electrons. The normalized spacial score (nSPS) is 33.0. The van der Waals surface area contributed by atoms with Crippen LogP contribution in [0.1, 0.15) is 40.5 Å². The van der Waals surface area contributed by atoms with Gasteiger partial charge in [0.2, 0.25) is 0 Å². The zero-order valence-electron chi connectivity index (χ0n) is 13.5. The van der Waals surface area contributed by atoms with E-state index in [1.807, 2.05) is 13.0 Å². The van der Waals surface area contributed by atoms with Crippen molar-refractivity contribution in [3.63, 3.8) is 0 Å². The molecular weight excluding hydrogens is 333 g/mol. The van der Waals surface area contributed by atoms with Crippen LogP contribution in [0, 0.1) is 17.3 Å². The number of allylic oxidation sites excluding steroid dienone is 3. The van der Waals surface area contributed by atoms with Crippen molar-refractivity contribution in [2.45, 2.75) is 52.5 Å². The van der Waals surface area contributed by atoms with Crippen molar-refractivity contribution < 1.29 is 27.4 Å². The molecule has 23 heavy (non-hydrogen) atoms. The molecule has 1 aliphatic carbocycles. The number of carbonyl (C=O) groups excluding carboxylic acids is 1. The third-order valence-electron chi connectivity index (χ3n) is 4.47. The zero-order chi connectivity index (χ0) is 17.6. The summed E-state index contributed by atoms with van der Waals surface area (Å²) in [6, 6.07) is 0. The Morgan fingerprint density at radius 1 is 1.48 bits per heavy atom. The molecule has 0 aromatic rings. The van der Waals surface area contributed by atoms with Crippen molar-refractivity contribution >= 4 is 17.6 Å². The molecule has 1 aliphatic heterocycles. The van der Waals surface area contributed by atoms with Gasteiger partial charge in [-0.2, -0.15) is 13.2 Å². The van der Waals surface area contributed by atoms with Crippen LogP contribution in [0.25, 0.3) is 0 Å². The number of hydrogen-bond donors (Lipinski definition) is 0. The van der Waals surface area contributed by atoms with Crippen molar-refractivity contribution in [2.24, 2.45) is 17.3 Å². The van der Waals surface area contributed by atoms with Gasteiger partial charge in [-0.1, -0.05) is 38.4 Å². The summed E-state index contributed by atoms with van der Waals surface area (Å²) in [4.78, 5) is 12.3. The molecule has 3 nitrogen and oxygen atoms in total. The first-order chi connectivity index (χ1) is 10.4. The molecule has 0 spiro atoms. The maximum Gasteiger partial charge on any atom is 0.426 e. The minimum Gasteiger partial charge on any atom is -0.457 e. The lowest BCUT2D eigenvalue weighted by atomic mass is 10.1. The van der Waals surface area contributed by atoms with Gasteiger partial charge in [0.25, 0.3) is 5.79 Å². The van der Waals surface area contributed by atoms with E-state index in [2.05, 4.69) is 0 Å². The molecule has 2 rings (SSSR count). The van der Waals surface area contributed by atoms with E-state index >= 15 is 0 Å². The van der Waals surface area contributed by atoms with Crippen LogP contribution in [0.5, 0.6) is 0 Å². The first kappa shape index (κ1) is 18.2. The molecule has 1 unspecified atom stereocenters. The van der Waals surface area contributed by atoms with E-state index in [4.69, 9.17) is 21.1 Å². The number of ether oxygens (including phenoxy) is 2. The quantitative estimate of drug-likeness (QED) is 0.674. The van der Waals surface area contributed by atoms with Gasteiger partial charge in [0.1, 0.15) is 5.03 Å². The van der Waals surface area contributed by atoms with Crippen LogP contribution >= 0.6 is 11.6 Å². The van der Waals surface area contributed by atoms with Crippen LogP contribution in [-0.2, 0) is 14.3 Å². The lowest BCUT2D eigenvalue weighted by Gasteiger charge is -2.25. The molecule has 0 aromatic heterocycles. The monoisotopic (exact) mass is 352 g/mol. The highest BCUT2D eigenvalue weighted by Gasteiger charge is 2.63. The van der Waals surface area contributed by atoms with E-state index < -0.39 is 40.2 Å². The lowest BCUT2D eigenvalue weighted by Crippen LogP contribution is -2.32. The summed E-state index contributed by atoms with van der Waals surface area (Å²) in [6.07, 6.45) is -0.729. The van der Waals surface area contributed by atoms with Gasteiger partial charge < -0.3 is 9.47 Å². The Bertz CT molecular complexity index is 565. The molecule has 2 aliphatic rings. The van der Waals surface area contributed by atoms with Crippen LogP contribution < -0.4 is 0 Å². The minimum atomic E-state index is -4.60. The molecule has 0 bridgehead atoms. The second-order valence-corrected chi connectivity index (χ2v) is 7.13. The van der Waals surface area contributed by atoms with Crippen LogP contribution in [-0.4, -0.2) is 17.9 Å². The van der Waals surface area contributed by atoms with Crippen molar-refractivity contribution in [3.8, 4) is 0 Å². The van der Waals surface area contributed by atoms with E-state index in [0.29, 0.717) is 12.8 Å². The summed E-state index contributed by atoms with van der Waals surface area (Å²) in [5, 5.41) is -1.20. The molecule has 0 saturated heterocycles. The predicted molar refractivity (Wildman–Crippen MR) is 79.3 cm³/mol. The van der Waals surface area contributed by atoms with E-state index in [9.17, 15) is 18.0 Å². The standard InChI is InChI=1S/C16H20ClF3O3/c1-5-9-6-7-15(4,22-9)23-13(21)12-10(14(12,2)3)8-11(17)16(18,19)20/h6,8,10,12H,5,7H2,1-4H3/b11-8-/t10-,12-,15?/m1/s1. The highest BCUT2D eigenvalue weighted by atomic mass is 35.5. The van der Waals surface area contributed by atoms with Gasteiger partial charge in [0.05, 0.1) is 11.7 Å². The van der Waals surface area contributed by atoms with Gasteiger partial charge in [-0.05, 0) is 17.4 Å². The predicted octanol–water partition coefficient (Wildman–Crippen LogP) is 4.92. The number of hydrogen-bond acceptors (Lipinski definition) is 3. The smallest absolute Gasteiger partial charge is 0.426 e. The summed E-state index contributed by atoms with van der Waals surface area (Å²) in [5.74, 6) is -2.16. The lowest BCUT2D eigenvalue weighted by molar-refractivity contribution is -0.203. The third kappa shape index (κ3) is 3.67. The topological polar surface area (TPSA) is 35.5 Å². The van der Waals surface area contributed by atoms with Crippen molar-refractivity contribution in [1.82, 2.24) is 0 Å². The third-order valence-corrected chi connectivity index (χ3v) is 4.81. The Labute approximate surface area is 138 Å². The Kier molecular flexibility index (Phi) is 4.52. The average Bonchev–Trinajstić information content (AvgIpc) is 2.76. The molecule has 0 radical (unpaired) electrons. The van der Waals surface area contributed by atoms with Crippen molar-refractivity contribution in [1.29, 1.82) is 0 Å². The number of rotatable bonds is 4. The molecule has 1 heterocycles. The Morgan fingerprint density at radius 2 is 2.09 bits per heavy atom. The summed E-state index contributed by atoms with van der Waals surface area (Å²) in [7, 11) is 0. The van der Waals surface area contributed by atoms with Gasteiger partial charge in [-0.25, -0.2) is 0 Å². The highest BCUT2D eigenvalue weighted by molar-refractivity contribution is 6.30. The first-order valence-electron chi connectivity index (χ1n) is 7.46. The second kappa shape index (κ2) is 5.72. The molecule has 1 fully saturated rings. The summed E-state index contributed by atoms with van der Waals surface area (Å²) in [6.45, 7) is 7.00. The van der Waals surface area contributed by atoms with E-state index in [1.54, 1.807) is 20.8 Å². The van der Waals surface area contributed by atoms with Crippen LogP contribution in [0.4, 0.5) is 13.2 Å². The highest BCUT2D eigenvalue weighted by Crippen LogP contribution is 2.61. The largest absolute Gasteiger partial charge is 0.457 e. The molecule has 0 amide bonds.